The number of aromatic amines is 1. The van der Waals surface area contributed by atoms with Gasteiger partial charge < -0.3 is 9.64 Å². The number of hydrogen-bond donors (Lipinski definition) is 2. The molecule has 0 bridgehead atoms. The molecule has 9 nitrogen and oxygen atoms in total. The molecule has 0 saturated carbocycles. The molecule has 0 radical (unpaired) electrons. The predicted molar refractivity (Wildman–Crippen MR) is 138 cm³/mol. The van der Waals surface area contributed by atoms with E-state index in [0.29, 0.717) is 31.1 Å². The summed E-state index contributed by atoms with van der Waals surface area (Å²) < 4.78 is 47.0. The summed E-state index contributed by atoms with van der Waals surface area (Å²) in [6, 6.07) is 15.0. The number of sulfonamides is 1. The van der Waals surface area contributed by atoms with Crippen molar-refractivity contribution in [3.63, 3.8) is 0 Å². The number of nitrogens with zero attached hydrogens (tertiary/aromatic N) is 3. The van der Waals surface area contributed by atoms with Gasteiger partial charge in [-0.1, -0.05) is 23.7 Å². The van der Waals surface area contributed by atoms with E-state index < -0.39 is 21.4 Å². The summed E-state index contributed by atoms with van der Waals surface area (Å²) in [4.78, 5) is 18.1. The van der Waals surface area contributed by atoms with Gasteiger partial charge in [-0.05, 0) is 53.6 Å². The molecule has 0 unspecified atom stereocenters. The molecule has 2 N–H and O–H groups in total. The fraction of sp³-hybridized carbons (Fsp3) is 0.160. The number of H-pyrrole nitrogens is 1. The number of anilines is 2. The number of rotatable bonds is 7. The highest BCUT2D eigenvalue weighted by Gasteiger charge is 2.27. The van der Waals surface area contributed by atoms with Gasteiger partial charge >= 0.3 is 0 Å². The second-order valence-corrected chi connectivity index (χ2v) is 10.5. The molecule has 0 aliphatic carbocycles. The van der Waals surface area contributed by atoms with E-state index in [1.165, 1.54) is 42.6 Å². The second-order valence-electron chi connectivity index (χ2n) is 8.39. The summed E-state index contributed by atoms with van der Waals surface area (Å²) in [5, 5.41) is 6.21. The third kappa shape index (κ3) is 5.57. The number of aromatic nitrogens is 3. The van der Waals surface area contributed by atoms with Crippen molar-refractivity contribution in [1.29, 1.82) is 0 Å². The maximum absolute atomic E-state index is 13.1. The Kier molecular flexibility index (Phi) is 6.81. The van der Waals surface area contributed by atoms with Crippen LogP contribution in [0.1, 0.15) is 6.42 Å². The lowest BCUT2D eigenvalue weighted by molar-refractivity contribution is 0.216. The molecule has 0 amide bonds. The van der Waals surface area contributed by atoms with Gasteiger partial charge in [0.05, 0.1) is 23.3 Å². The summed E-state index contributed by atoms with van der Waals surface area (Å²) in [6.07, 6.45) is 3.69. The van der Waals surface area contributed by atoms with E-state index in [1.807, 2.05) is 4.90 Å². The maximum Gasteiger partial charge on any atom is 0.285 e. The zero-order chi connectivity index (χ0) is 26.0. The minimum Gasteiger partial charge on any atom is -0.472 e. The third-order valence-electron chi connectivity index (χ3n) is 5.88. The van der Waals surface area contributed by atoms with Crippen molar-refractivity contribution in [2.75, 3.05) is 22.7 Å². The number of benzene rings is 2. The molecule has 12 heteroatoms. The van der Waals surface area contributed by atoms with E-state index >= 15 is 0 Å². The molecule has 1 atom stereocenters. The summed E-state index contributed by atoms with van der Waals surface area (Å²) in [7, 11) is -3.83. The highest BCUT2D eigenvalue weighted by atomic mass is 35.5. The van der Waals surface area contributed by atoms with Crippen LogP contribution in [0.15, 0.2) is 82.7 Å². The summed E-state index contributed by atoms with van der Waals surface area (Å²) in [6.45, 7) is 1.17. The van der Waals surface area contributed by atoms with Gasteiger partial charge in [0.15, 0.2) is 0 Å². The lowest BCUT2D eigenvalue weighted by atomic mass is 10.1. The normalized spacial score (nSPS) is 15.5. The van der Waals surface area contributed by atoms with Crippen molar-refractivity contribution in [2.24, 2.45) is 0 Å². The van der Waals surface area contributed by atoms with Crippen LogP contribution in [0.2, 0.25) is 5.02 Å². The predicted octanol–water partition coefficient (Wildman–Crippen LogP) is 4.08. The van der Waals surface area contributed by atoms with E-state index in [1.54, 1.807) is 30.5 Å². The van der Waals surface area contributed by atoms with Crippen LogP contribution in [-0.2, 0) is 10.0 Å². The van der Waals surface area contributed by atoms with Gasteiger partial charge in [0, 0.05) is 30.9 Å². The maximum atomic E-state index is 13.1. The zero-order valence-corrected chi connectivity index (χ0v) is 20.8. The fourth-order valence-corrected chi connectivity index (χ4v) is 5.29. The zero-order valence-electron chi connectivity index (χ0n) is 19.3. The average Bonchev–Trinajstić information content (AvgIpc) is 3.35. The quantitative estimate of drug-likeness (QED) is 0.362. The Labute approximate surface area is 216 Å². The van der Waals surface area contributed by atoms with Crippen LogP contribution >= 0.6 is 11.6 Å². The lowest BCUT2D eigenvalue weighted by Gasteiger charge is -2.19. The van der Waals surface area contributed by atoms with E-state index in [0.717, 1.165) is 11.1 Å². The number of pyridine rings is 1. The van der Waals surface area contributed by atoms with Crippen molar-refractivity contribution in [3.8, 4) is 17.0 Å². The van der Waals surface area contributed by atoms with Crippen molar-refractivity contribution < 1.29 is 17.5 Å². The van der Waals surface area contributed by atoms with Crippen LogP contribution in [0.25, 0.3) is 11.1 Å². The smallest absolute Gasteiger partial charge is 0.285 e. The average molecular weight is 542 g/mol. The van der Waals surface area contributed by atoms with Gasteiger partial charge in [-0.3, -0.25) is 9.52 Å². The lowest BCUT2D eigenvalue weighted by Crippen LogP contribution is -2.26. The second kappa shape index (κ2) is 10.2. The Hall–Kier alpha value is -3.96. The molecule has 5 rings (SSSR count). The van der Waals surface area contributed by atoms with Crippen molar-refractivity contribution in [2.45, 2.75) is 17.4 Å². The van der Waals surface area contributed by atoms with Crippen LogP contribution in [0.5, 0.6) is 5.88 Å². The Morgan fingerprint density at radius 1 is 1.08 bits per heavy atom. The highest BCUT2D eigenvalue weighted by Crippen LogP contribution is 2.28. The first-order valence-corrected chi connectivity index (χ1v) is 13.1. The first kappa shape index (κ1) is 24.7. The molecule has 37 heavy (non-hydrogen) atoms. The largest absolute Gasteiger partial charge is 0.472 e. The van der Waals surface area contributed by atoms with E-state index in [4.69, 9.17) is 16.3 Å². The van der Waals surface area contributed by atoms with Crippen molar-refractivity contribution >= 4 is 33.0 Å². The van der Waals surface area contributed by atoms with Gasteiger partial charge in [0.25, 0.3) is 15.6 Å². The minimum absolute atomic E-state index is 0.0741. The topological polar surface area (TPSA) is 117 Å². The standard InChI is InChI=1S/C25H21ClFN5O4S/c26-24-22(14-29-30-25(24)33)32-12-10-20(15-32)36-23-13-17(9-11-28-23)16-1-7-21(8-2-16)37(34,35)31-19-5-3-18(27)4-6-19/h1-9,11,13-14,20,31H,10,12,15H2,(H,30,33)/t20-/m1/s1. The Morgan fingerprint density at radius 3 is 2.59 bits per heavy atom. The van der Waals surface area contributed by atoms with Crippen LogP contribution in [-0.4, -0.2) is 42.8 Å². The fourth-order valence-electron chi connectivity index (χ4n) is 4.02. The number of halogens is 2. The molecular weight excluding hydrogens is 521 g/mol. The third-order valence-corrected chi connectivity index (χ3v) is 7.64. The van der Waals surface area contributed by atoms with E-state index in [9.17, 15) is 17.6 Å². The van der Waals surface area contributed by atoms with Crippen LogP contribution in [0.4, 0.5) is 15.8 Å². The molecule has 4 aromatic rings. The molecule has 1 aliphatic rings. The molecule has 1 fully saturated rings. The molecule has 2 aromatic carbocycles. The van der Waals surface area contributed by atoms with E-state index in [2.05, 4.69) is 19.9 Å². The van der Waals surface area contributed by atoms with Crippen LogP contribution < -0.4 is 19.9 Å². The van der Waals surface area contributed by atoms with E-state index in [-0.39, 0.29) is 21.7 Å². The minimum atomic E-state index is -3.83. The number of hydrogen-bond acceptors (Lipinski definition) is 7. The number of nitrogens with one attached hydrogen (secondary N) is 2. The summed E-state index contributed by atoms with van der Waals surface area (Å²) >= 11 is 6.12. The van der Waals surface area contributed by atoms with Crippen molar-refractivity contribution in [1.82, 2.24) is 15.2 Å². The van der Waals surface area contributed by atoms with Crippen LogP contribution in [0, 0.1) is 5.82 Å². The Bertz CT molecular complexity index is 1580. The van der Waals surface area contributed by atoms with Gasteiger partial charge in [0.2, 0.25) is 5.88 Å². The molecule has 2 aromatic heterocycles. The molecular formula is C25H21ClFN5O4S. The van der Waals surface area contributed by atoms with Crippen molar-refractivity contribution in [3.05, 3.63) is 94.3 Å². The first-order valence-electron chi connectivity index (χ1n) is 11.3. The van der Waals surface area contributed by atoms with Gasteiger partial charge in [-0.25, -0.2) is 22.9 Å². The Balaban J connectivity index is 1.26. The first-order chi connectivity index (χ1) is 17.8. The molecule has 3 heterocycles. The summed E-state index contributed by atoms with van der Waals surface area (Å²) in [5.41, 5.74) is 1.97. The summed E-state index contributed by atoms with van der Waals surface area (Å²) in [5.74, 6) is -0.0260. The Morgan fingerprint density at radius 2 is 1.84 bits per heavy atom. The van der Waals surface area contributed by atoms with Crippen LogP contribution in [0.3, 0.4) is 0 Å². The number of ether oxygens (including phenoxy) is 1. The highest BCUT2D eigenvalue weighted by molar-refractivity contribution is 7.92. The monoisotopic (exact) mass is 541 g/mol. The van der Waals surface area contributed by atoms with Gasteiger partial charge in [-0.2, -0.15) is 5.10 Å². The molecule has 190 valence electrons. The SMILES string of the molecule is O=c1[nH]ncc(N2CC[C@@H](Oc3cc(-c4ccc(S(=O)(=O)Nc5ccc(F)cc5)cc4)ccn3)C2)c1Cl. The molecule has 1 aliphatic heterocycles. The van der Waals surface area contributed by atoms with Gasteiger partial charge in [0.1, 0.15) is 16.9 Å². The molecule has 0 spiro atoms. The van der Waals surface area contributed by atoms with Gasteiger partial charge in [-0.15, -0.1) is 0 Å². The molecule has 1 saturated heterocycles.